The van der Waals surface area contributed by atoms with Crippen molar-refractivity contribution in [2.75, 3.05) is 18.6 Å². The molecule has 3 N–H and O–H groups in total. The van der Waals surface area contributed by atoms with Crippen LogP contribution >= 0.6 is 11.3 Å². The predicted octanol–water partition coefficient (Wildman–Crippen LogP) is 2.49. The number of ether oxygens (including phenoxy) is 2. The molecule has 21 heavy (non-hydrogen) atoms. The second kappa shape index (κ2) is 6.55. The molecule has 2 aromatic heterocycles. The zero-order valence-electron chi connectivity index (χ0n) is 12.1. The van der Waals surface area contributed by atoms with Crippen molar-refractivity contribution < 1.29 is 9.47 Å². The van der Waals surface area contributed by atoms with Crippen LogP contribution in [0.3, 0.4) is 0 Å². The van der Waals surface area contributed by atoms with Crippen LogP contribution in [0.1, 0.15) is 31.1 Å². The highest BCUT2D eigenvalue weighted by atomic mass is 32.1. The Labute approximate surface area is 127 Å². The van der Waals surface area contributed by atoms with Gasteiger partial charge < -0.3 is 9.47 Å². The van der Waals surface area contributed by atoms with Gasteiger partial charge in [-0.3, -0.25) is 5.43 Å². The van der Waals surface area contributed by atoms with Gasteiger partial charge in [-0.2, -0.15) is 4.98 Å². The molecule has 0 radical (unpaired) electrons. The summed E-state index contributed by atoms with van der Waals surface area (Å²) in [7, 11) is 0. The number of fused-ring (bicyclic) bond motifs is 1. The fraction of sp³-hybridized carbons (Fsp3) is 0.571. The Bertz CT molecular complexity index is 610. The monoisotopic (exact) mass is 308 g/mol. The molecule has 1 aliphatic heterocycles. The van der Waals surface area contributed by atoms with E-state index in [9.17, 15) is 0 Å². The standard InChI is InChI=1S/C14H20N4O2S/c1-2-10-7-11-12(16-14(18-15)17-13(11)21-10)20-8-9-5-3-4-6-19-9/h7,9H,2-6,8,15H2,1H3,(H,16,17,18). The van der Waals surface area contributed by atoms with Crippen LogP contribution in [-0.2, 0) is 11.2 Å². The molecule has 3 heterocycles. The lowest BCUT2D eigenvalue weighted by atomic mass is 10.1. The SMILES string of the molecule is CCc1cc2c(OCC3CCCCO3)nc(NN)nc2s1. The van der Waals surface area contributed by atoms with Crippen LogP contribution in [0.5, 0.6) is 5.88 Å². The maximum absolute atomic E-state index is 5.89. The summed E-state index contributed by atoms with van der Waals surface area (Å²) in [5.74, 6) is 6.40. The minimum absolute atomic E-state index is 0.155. The Morgan fingerprint density at radius 3 is 3.10 bits per heavy atom. The first-order chi connectivity index (χ1) is 10.3. The van der Waals surface area contributed by atoms with E-state index in [1.54, 1.807) is 11.3 Å². The highest BCUT2D eigenvalue weighted by Crippen LogP contribution is 2.32. The number of nitrogens with two attached hydrogens (primary N) is 1. The van der Waals surface area contributed by atoms with Gasteiger partial charge in [-0.15, -0.1) is 11.3 Å². The van der Waals surface area contributed by atoms with Crippen molar-refractivity contribution in [1.29, 1.82) is 0 Å². The number of aryl methyl sites for hydroxylation is 1. The zero-order valence-corrected chi connectivity index (χ0v) is 12.9. The molecule has 0 spiro atoms. The Hall–Kier alpha value is -1.44. The van der Waals surface area contributed by atoms with Crippen molar-refractivity contribution in [3.63, 3.8) is 0 Å². The largest absolute Gasteiger partial charge is 0.474 e. The Kier molecular flexibility index (Phi) is 4.52. The second-order valence-corrected chi connectivity index (χ2v) is 6.20. The summed E-state index contributed by atoms with van der Waals surface area (Å²) in [6, 6.07) is 2.09. The second-order valence-electron chi connectivity index (χ2n) is 5.08. The quantitative estimate of drug-likeness (QED) is 0.652. The van der Waals surface area contributed by atoms with Gasteiger partial charge in [-0.25, -0.2) is 10.8 Å². The van der Waals surface area contributed by atoms with Gasteiger partial charge in [0.05, 0.1) is 11.5 Å². The van der Waals surface area contributed by atoms with E-state index in [4.69, 9.17) is 15.3 Å². The van der Waals surface area contributed by atoms with Gasteiger partial charge in [0.25, 0.3) is 0 Å². The van der Waals surface area contributed by atoms with Crippen molar-refractivity contribution in [3.05, 3.63) is 10.9 Å². The lowest BCUT2D eigenvalue weighted by Gasteiger charge is -2.22. The normalized spacial score (nSPS) is 18.9. The zero-order chi connectivity index (χ0) is 14.7. The number of rotatable bonds is 5. The summed E-state index contributed by atoms with van der Waals surface area (Å²) in [6.07, 6.45) is 4.50. The molecule has 1 unspecified atom stereocenters. The van der Waals surface area contributed by atoms with Crippen LogP contribution in [-0.4, -0.2) is 29.3 Å². The van der Waals surface area contributed by atoms with Crippen molar-refractivity contribution in [2.45, 2.75) is 38.7 Å². The molecule has 0 aromatic carbocycles. The van der Waals surface area contributed by atoms with E-state index in [1.807, 2.05) is 0 Å². The topological polar surface area (TPSA) is 82.3 Å². The molecule has 114 valence electrons. The number of anilines is 1. The molecular weight excluding hydrogens is 288 g/mol. The molecule has 7 heteroatoms. The third kappa shape index (κ3) is 3.25. The maximum Gasteiger partial charge on any atom is 0.241 e. The van der Waals surface area contributed by atoms with Gasteiger partial charge in [0.15, 0.2) is 0 Å². The summed E-state index contributed by atoms with van der Waals surface area (Å²) in [5.41, 5.74) is 2.50. The van der Waals surface area contributed by atoms with Gasteiger partial charge in [0, 0.05) is 11.5 Å². The number of thiophene rings is 1. The van der Waals surface area contributed by atoms with E-state index in [0.717, 1.165) is 36.1 Å². The van der Waals surface area contributed by atoms with Gasteiger partial charge in [-0.1, -0.05) is 6.92 Å². The molecule has 0 bridgehead atoms. The van der Waals surface area contributed by atoms with Crippen LogP contribution < -0.4 is 16.0 Å². The third-order valence-corrected chi connectivity index (χ3v) is 4.74. The third-order valence-electron chi connectivity index (χ3n) is 3.57. The molecular formula is C14H20N4O2S. The van der Waals surface area contributed by atoms with Gasteiger partial charge >= 0.3 is 0 Å². The first-order valence-corrected chi connectivity index (χ1v) is 8.13. The average molecular weight is 308 g/mol. The van der Waals surface area contributed by atoms with Crippen molar-refractivity contribution in [1.82, 2.24) is 9.97 Å². The number of aromatic nitrogens is 2. The Morgan fingerprint density at radius 1 is 1.48 bits per heavy atom. The van der Waals surface area contributed by atoms with Crippen LogP contribution in [0.4, 0.5) is 5.95 Å². The van der Waals surface area contributed by atoms with Crippen LogP contribution in [0.15, 0.2) is 6.07 Å². The van der Waals surface area contributed by atoms with Crippen LogP contribution in [0, 0.1) is 0 Å². The van der Waals surface area contributed by atoms with E-state index in [0.29, 0.717) is 18.4 Å². The molecule has 0 aliphatic carbocycles. The lowest BCUT2D eigenvalue weighted by molar-refractivity contribution is -0.0116. The van der Waals surface area contributed by atoms with Gasteiger partial charge in [-0.05, 0) is 31.7 Å². The Balaban J connectivity index is 1.82. The first-order valence-electron chi connectivity index (χ1n) is 7.31. The highest BCUT2D eigenvalue weighted by Gasteiger charge is 2.17. The number of nitrogens with zero attached hydrogens (tertiary/aromatic N) is 2. The molecule has 1 fully saturated rings. The molecule has 3 rings (SSSR count). The smallest absolute Gasteiger partial charge is 0.241 e. The molecule has 1 aliphatic rings. The molecule has 6 nitrogen and oxygen atoms in total. The fourth-order valence-corrected chi connectivity index (χ4v) is 3.36. The van der Waals surface area contributed by atoms with Crippen LogP contribution in [0.2, 0.25) is 0 Å². The van der Waals surface area contributed by atoms with Gasteiger partial charge in [0.1, 0.15) is 11.4 Å². The predicted molar refractivity (Wildman–Crippen MR) is 83.7 cm³/mol. The van der Waals surface area contributed by atoms with Crippen molar-refractivity contribution in [2.24, 2.45) is 5.84 Å². The summed E-state index contributed by atoms with van der Waals surface area (Å²) >= 11 is 1.64. The summed E-state index contributed by atoms with van der Waals surface area (Å²) < 4.78 is 11.6. The molecule has 2 aromatic rings. The summed E-state index contributed by atoms with van der Waals surface area (Å²) in [6.45, 7) is 3.46. The van der Waals surface area contributed by atoms with Crippen molar-refractivity contribution >= 4 is 27.5 Å². The van der Waals surface area contributed by atoms with Crippen LogP contribution in [0.25, 0.3) is 10.2 Å². The van der Waals surface area contributed by atoms with E-state index in [1.165, 1.54) is 11.3 Å². The molecule has 1 saturated heterocycles. The number of hydrazine groups is 1. The fourth-order valence-electron chi connectivity index (χ4n) is 2.40. The van der Waals surface area contributed by atoms with E-state index >= 15 is 0 Å². The number of nitrogens with one attached hydrogen (secondary N) is 1. The Morgan fingerprint density at radius 2 is 2.38 bits per heavy atom. The number of hydrogen-bond acceptors (Lipinski definition) is 7. The van der Waals surface area contributed by atoms with E-state index in [-0.39, 0.29) is 6.10 Å². The highest BCUT2D eigenvalue weighted by molar-refractivity contribution is 7.18. The maximum atomic E-state index is 5.89. The summed E-state index contributed by atoms with van der Waals surface area (Å²) in [4.78, 5) is 10.9. The van der Waals surface area contributed by atoms with Crippen molar-refractivity contribution in [3.8, 4) is 5.88 Å². The summed E-state index contributed by atoms with van der Waals surface area (Å²) in [5, 5.41) is 0.951. The molecule has 1 atom stereocenters. The lowest BCUT2D eigenvalue weighted by Crippen LogP contribution is -2.26. The first kappa shape index (κ1) is 14.5. The molecule has 0 amide bonds. The minimum Gasteiger partial charge on any atom is -0.474 e. The minimum atomic E-state index is 0.155. The van der Waals surface area contributed by atoms with E-state index < -0.39 is 0 Å². The van der Waals surface area contributed by atoms with E-state index in [2.05, 4.69) is 28.4 Å². The number of hydrogen-bond donors (Lipinski definition) is 2. The average Bonchev–Trinajstić information content (AvgIpc) is 2.96. The number of nitrogen functional groups attached to an aromatic ring is 1. The molecule has 0 saturated carbocycles. The van der Waals surface area contributed by atoms with Gasteiger partial charge in [0.2, 0.25) is 11.8 Å².